The molecule has 5 heteroatoms. The highest BCUT2D eigenvalue weighted by atomic mass is 16.5. The normalized spacial score (nSPS) is 15.2. The van der Waals surface area contributed by atoms with Gasteiger partial charge in [-0.25, -0.2) is 15.0 Å². The Morgan fingerprint density at radius 2 is 0.982 bits per heavy atom. The number of para-hydroxylation sites is 2. The lowest BCUT2D eigenvalue weighted by Gasteiger charge is -2.22. The molecule has 0 spiro atoms. The third-order valence-electron chi connectivity index (χ3n) is 11.0. The van der Waals surface area contributed by atoms with Crippen LogP contribution >= 0.6 is 0 Å². The fourth-order valence-corrected chi connectivity index (χ4v) is 8.47. The summed E-state index contributed by atoms with van der Waals surface area (Å²) < 4.78 is 9.33. The number of hydrogen-bond acceptors (Lipinski definition) is 4. The van der Waals surface area contributed by atoms with Crippen molar-refractivity contribution in [2.24, 2.45) is 0 Å². The lowest BCUT2D eigenvalue weighted by molar-refractivity contribution is 0.224. The summed E-state index contributed by atoms with van der Waals surface area (Å²) >= 11 is 0. The van der Waals surface area contributed by atoms with Gasteiger partial charge in [-0.2, -0.15) is 0 Å². The van der Waals surface area contributed by atoms with Crippen molar-refractivity contribution in [2.75, 3.05) is 0 Å². The molecule has 0 fully saturated rings. The van der Waals surface area contributed by atoms with Crippen molar-refractivity contribution in [3.8, 4) is 67.9 Å². The fraction of sp³-hybridized carbons (Fsp3) is 0.0392. The molecule has 0 amide bonds. The van der Waals surface area contributed by atoms with Gasteiger partial charge in [-0.3, -0.25) is 0 Å². The second-order valence-electron chi connectivity index (χ2n) is 14.3. The molecule has 264 valence electrons. The van der Waals surface area contributed by atoms with Crippen LogP contribution in [-0.2, 0) is 0 Å². The van der Waals surface area contributed by atoms with Crippen LogP contribution in [0, 0.1) is 0 Å². The van der Waals surface area contributed by atoms with Gasteiger partial charge in [0.2, 0.25) is 0 Å². The number of nitrogens with zero attached hydrogens (tertiary/aromatic N) is 4. The van der Waals surface area contributed by atoms with Crippen molar-refractivity contribution < 1.29 is 4.74 Å². The average Bonchev–Trinajstić information content (AvgIpc) is 3.83. The summed E-state index contributed by atoms with van der Waals surface area (Å²) in [5, 5.41) is 1.20. The van der Waals surface area contributed by atoms with Gasteiger partial charge in [-0.05, 0) is 64.7 Å². The van der Waals surface area contributed by atoms with E-state index in [1.54, 1.807) is 0 Å². The molecule has 1 aliphatic carbocycles. The van der Waals surface area contributed by atoms with E-state index in [-0.39, 0.29) is 12.0 Å². The third-order valence-corrected chi connectivity index (χ3v) is 11.0. The Hall–Kier alpha value is -7.37. The number of ether oxygens (including phenoxy) is 1. The minimum atomic E-state index is -0.202. The molecular weight excluding hydrogens is 685 g/mol. The molecule has 0 bridgehead atoms. The van der Waals surface area contributed by atoms with Crippen LogP contribution in [0.2, 0.25) is 0 Å². The summed E-state index contributed by atoms with van der Waals surface area (Å²) in [5.41, 5.74) is 13.0. The largest absolute Gasteiger partial charge is 0.484 e. The summed E-state index contributed by atoms with van der Waals surface area (Å²) in [6.45, 7) is 0. The Kier molecular flexibility index (Phi) is 7.56. The molecule has 2 unspecified atom stereocenters. The van der Waals surface area contributed by atoms with Crippen LogP contribution in [0.15, 0.2) is 188 Å². The molecule has 9 aromatic rings. The van der Waals surface area contributed by atoms with E-state index < -0.39 is 0 Å². The zero-order valence-electron chi connectivity index (χ0n) is 30.3. The van der Waals surface area contributed by atoms with Crippen molar-refractivity contribution in [1.29, 1.82) is 0 Å². The van der Waals surface area contributed by atoms with E-state index >= 15 is 0 Å². The second-order valence-corrected chi connectivity index (χ2v) is 14.3. The van der Waals surface area contributed by atoms with Gasteiger partial charge >= 0.3 is 0 Å². The maximum atomic E-state index is 6.98. The summed E-state index contributed by atoms with van der Waals surface area (Å²) in [6.07, 6.45) is 4.37. The van der Waals surface area contributed by atoms with E-state index in [2.05, 4.69) is 187 Å². The monoisotopic (exact) mass is 718 g/mol. The van der Waals surface area contributed by atoms with Gasteiger partial charge in [0.25, 0.3) is 0 Å². The van der Waals surface area contributed by atoms with Gasteiger partial charge in [0, 0.05) is 44.8 Å². The van der Waals surface area contributed by atoms with Crippen LogP contribution in [0.1, 0.15) is 28.8 Å². The first-order valence-electron chi connectivity index (χ1n) is 19.0. The molecule has 7 aromatic carbocycles. The van der Waals surface area contributed by atoms with Crippen LogP contribution in [-0.4, -0.2) is 19.5 Å². The summed E-state index contributed by atoms with van der Waals surface area (Å²) in [6, 6.07) is 63.2. The third kappa shape index (κ3) is 5.36. The Labute approximate surface area is 324 Å². The number of benzene rings is 7. The van der Waals surface area contributed by atoms with E-state index in [0.717, 1.165) is 67.2 Å². The molecule has 1 aliphatic heterocycles. The zero-order chi connectivity index (χ0) is 37.0. The van der Waals surface area contributed by atoms with Crippen LogP contribution in [0.5, 0.6) is 5.75 Å². The highest BCUT2D eigenvalue weighted by molar-refractivity contribution is 5.92. The Bertz CT molecular complexity index is 2850. The summed E-state index contributed by atoms with van der Waals surface area (Å²) in [7, 11) is 0. The van der Waals surface area contributed by atoms with Gasteiger partial charge in [0.15, 0.2) is 17.5 Å². The molecule has 11 rings (SSSR count). The number of hydrogen-bond donors (Lipinski definition) is 0. The van der Waals surface area contributed by atoms with Crippen molar-refractivity contribution >= 4 is 17.0 Å². The van der Waals surface area contributed by atoms with Gasteiger partial charge in [0.1, 0.15) is 11.9 Å². The van der Waals surface area contributed by atoms with Crippen LogP contribution in [0.4, 0.5) is 0 Å². The van der Waals surface area contributed by atoms with E-state index in [9.17, 15) is 0 Å². The number of rotatable bonds is 6. The minimum Gasteiger partial charge on any atom is -0.484 e. The molecule has 0 saturated carbocycles. The first-order valence-corrected chi connectivity index (χ1v) is 19.0. The molecule has 3 heterocycles. The van der Waals surface area contributed by atoms with Crippen molar-refractivity contribution in [3.05, 3.63) is 205 Å². The number of aromatic nitrogens is 4. The molecule has 56 heavy (non-hydrogen) atoms. The van der Waals surface area contributed by atoms with Crippen LogP contribution in [0.3, 0.4) is 0 Å². The molecular formula is C51H34N4O. The zero-order valence-corrected chi connectivity index (χ0v) is 30.3. The maximum Gasteiger partial charge on any atom is 0.164 e. The Morgan fingerprint density at radius 3 is 1.64 bits per heavy atom. The molecule has 2 atom stereocenters. The molecule has 5 nitrogen and oxygen atoms in total. The van der Waals surface area contributed by atoms with E-state index in [1.165, 1.54) is 10.9 Å². The maximum absolute atomic E-state index is 6.98. The van der Waals surface area contributed by atoms with Crippen LogP contribution in [0.25, 0.3) is 79.1 Å². The molecule has 0 saturated heterocycles. The smallest absolute Gasteiger partial charge is 0.164 e. The van der Waals surface area contributed by atoms with Gasteiger partial charge in [-0.15, -0.1) is 0 Å². The van der Waals surface area contributed by atoms with Crippen LogP contribution < -0.4 is 4.74 Å². The number of fused-ring (bicyclic) bond motifs is 7. The predicted octanol–water partition coefficient (Wildman–Crippen LogP) is 12.4. The lowest BCUT2D eigenvalue weighted by Crippen LogP contribution is -2.14. The van der Waals surface area contributed by atoms with Gasteiger partial charge < -0.3 is 9.30 Å². The summed E-state index contributed by atoms with van der Waals surface area (Å²) in [4.78, 5) is 15.7. The summed E-state index contributed by atoms with van der Waals surface area (Å²) in [5.74, 6) is 2.68. The highest BCUT2D eigenvalue weighted by Crippen LogP contribution is 2.55. The molecule has 2 aromatic heterocycles. The second kappa shape index (κ2) is 13.2. The molecule has 2 aliphatic rings. The topological polar surface area (TPSA) is 52.8 Å². The van der Waals surface area contributed by atoms with Gasteiger partial charge in [0.05, 0.1) is 11.2 Å². The van der Waals surface area contributed by atoms with E-state index in [4.69, 9.17) is 19.7 Å². The van der Waals surface area contributed by atoms with Crippen molar-refractivity contribution in [1.82, 2.24) is 19.5 Å². The lowest BCUT2D eigenvalue weighted by atomic mass is 9.83. The van der Waals surface area contributed by atoms with Gasteiger partial charge in [-0.1, -0.05) is 152 Å². The van der Waals surface area contributed by atoms with Crippen molar-refractivity contribution in [3.63, 3.8) is 0 Å². The molecule has 0 radical (unpaired) electrons. The minimum absolute atomic E-state index is 0.0322. The van der Waals surface area contributed by atoms with Crippen molar-refractivity contribution in [2.45, 2.75) is 12.0 Å². The first kappa shape index (κ1) is 32.1. The standard InChI is InChI=1S/C51H34N4O/c1-4-15-33(16-5-1)35-19-12-21-37(31-35)49-52-50(38-22-13-20-36(32-38)34-17-6-2-7-18-34)54-51(53-49)42-26-14-28-45-46(42)41-29-30-44-47(48(41)56-45)40-25-10-11-27-43(40)55(44)39-23-8-3-9-24-39/h1-32,41,48H. The first-order chi connectivity index (χ1) is 27.8. The van der Waals surface area contributed by atoms with E-state index in [1.807, 2.05) is 12.1 Å². The van der Waals surface area contributed by atoms with E-state index in [0.29, 0.717) is 17.5 Å². The molecule has 0 N–H and O–H groups in total. The SMILES string of the molecule is C1=CC2c3c(cccc3-c3nc(-c4cccc(-c5ccccc5)c4)nc(-c4cccc(-c5ccccc5)c4)n3)OC2c2c1n(-c1ccccc1)c1ccccc21. The average molecular weight is 719 g/mol. The predicted molar refractivity (Wildman–Crippen MR) is 225 cm³/mol. The highest BCUT2D eigenvalue weighted by Gasteiger charge is 2.42. The fourth-order valence-electron chi connectivity index (χ4n) is 8.47. The Balaban J connectivity index is 1.07. The quantitative estimate of drug-likeness (QED) is 0.172. The Morgan fingerprint density at radius 1 is 0.446 bits per heavy atom.